The summed E-state index contributed by atoms with van der Waals surface area (Å²) < 4.78 is 14.0. The SMILES string of the molecule is Cc1cc(F)ccc1NC(=O)Cn1cc(C(=O)O)nn1. The predicted octanol–water partition coefficient (Wildman–Crippen LogP) is 1.06. The molecule has 0 radical (unpaired) electrons. The van der Waals surface area contributed by atoms with Crippen LogP contribution in [0.15, 0.2) is 24.4 Å². The predicted molar refractivity (Wildman–Crippen MR) is 66.7 cm³/mol. The lowest BCUT2D eigenvalue weighted by atomic mass is 10.2. The lowest BCUT2D eigenvalue weighted by Crippen LogP contribution is -2.19. The van der Waals surface area contributed by atoms with E-state index in [-0.39, 0.29) is 18.1 Å². The van der Waals surface area contributed by atoms with Crippen molar-refractivity contribution in [3.8, 4) is 0 Å². The molecule has 0 unspecified atom stereocenters. The minimum Gasteiger partial charge on any atom is -0.476 e. The van der Waals surface area contributed by atoms with Crippen LogP contribution in [-0.4, -0.2) is 32.0 Å². The molecule has 20 heavy (non-hydrogen) atoms. The molecule has 0 atom stereocenters. The van der Waals surface area contributed by atoms with Gasteiger partial charge >= 0.3 is 5.97 Å². The maximum atomic E-state index is 12.9. The van der Waals surface area contributed by atoms with Crippen LogP contribution in [0.5, 0.6) is 0 Å². The molecule has 2 rings (SSSR count). The number of aryl methyl sites for hydroxylation is 1. The average Bonchev–Trinajstić information content (AvgIpc) is 2.81. The second kappa shape index (κ2) is 5.47. The number of rotatable bonds is 4. The molecule has 0 saturated carbocycles. The highest BCUT2D eigenvalue weighted by Crippen LogP contribution is 2.15. The van der Waals surface area contributed by atoms with E-state index >= 15 is 0 Å². The van der Waals surface area contributed by atoms with Gasteiger partial charge in [-0.2, -0.15) is 0 Å². The van der Waals surface area contributed by atoms with Crippen molar-refractivity contribution in [2.75, 3.05) is 5.32 Å². The van der Waals surface area contributed by atoms with E-state index in [0.717, 1.165) is 10.9 Å². The van der Waals surface area contributed by atoms with Crippen LogP contribution >= 0.6 is 0 Å². The Labute approximate surface area is 113 Å². The Balaban J connectivity index is 2.03. The van der Waals surface area contributed by atoms with Gasteiger partial charge in [-0.3, -0.25) is 4.79 Å². The Morgan fingerprint density at radius 2 is 2.20 bits per heavy atom. The van der Waals surface area contributed by atoms with E-state index in [1.54, 1.807) is 6.92 Å². The van der Waals surface area contributed by atoms with Crippen molar-refractivity contribution in [3.63, 3.8) is 0 Å². The molecule has 0 saturated heterocycles. The Bertz CT molecular complexity index is 668. The largest absolute Gasteiger partial charge is 0.476 e. The summed E-state index contributed by atoms with van der Waals surface area (Å²) in [5.74, 6) is -2.02. The number of nitrogens with one attached hydrogen (secondary N) is 1. The molecule has 0 fully saturated rings. The first-order valence-electron chi connectivity index (χ1n) is 5.65. The fourth-order valence-electron chi connectivity index (χ4n) is 1.58. The number of halogens is 1. The summed E-state index contributed by atoms with van der Waals surface area (Å²) in [7, 11) is 0. The van der Waals surface area contributed by atoms with Crippen molar-refractivity contribution in [3.05, 3.63) is 41.5 Å². The number of aromatic carboxylic acids is 1. The summed E-state index contributed by atoms with van der Waals surface area (Å²) >= 11 is 0. The minimum absolute atomic E-state index is 0.183. The van der Waals surface area contributed by atoms with Crippen molar-refractivity contribution in [1.82, 2.24) is 15.0 Å². The first-order valence-corrected chi connectivity index (χ1v) is 5.65. The first-order chi connectivity index (χ1) is 9.45. The highest BCUT2D eigenvalue weighted by atomic mass is 19.1. The molecule has 2 aromatic rings. The first kappa shape index (κ1) is 13.7. The van der Waals surface area contributed by atoms with Crippen LogP contribution in [0.4, 0.5) is 10.1 Å². The average molecular weight is 278 g/mol. The number of aromatic nitrogens is 3. The van der Waals surface area contributed by atoms with Gasteiger partial charge in [0, 0.05) is 5.69 Å². The van der Waals surface area contributed by atoms with E-state index < -0.39 is 11.9 Å². The number of benzene rings is 1. The molecule has 8 heteroatoms. The van der Waals surface area contributed by atoms with Crippen LogP contribution in [0.25, 0.3) is 0 Å². The smallest absolute Gasteiger partial charge is 0.358 e. The molecule has 0 aliphatic rings. The second-order valence-corrected chi connectivity index (χ2v) is 4.11. The van der Waals surface area contributed by atoms with Gasteiger partial charge in [-0.25, -0.2) is 13.9 Å². The minimum atomic E-state index is -1.22. The molecule has 0 bridgehead atoms. The van der Waals surface area contributed by atoms with Crippen LogP contribution in [0.2, 0.25) is 0 Å². The van der Waals surface area contributed by atoms with Crippen molar-refractivity contribution < 1.29 is 19.1 Å². The summed E-state index contributed by atoms with van der Waals surface area (Å²) in [6.45, 7) is 1.48. The number of amides is 1. The van der Waals surface area contributed by atoms with Gasteiger partial charge in [0.25, 0.3) is 0 Å². The third-order valence-electron chi connectivity index (χ3n) is 2.53. The van der Waals surface area contributed by atoms with Crippen molar-refractivity contribution in [2.45, 2.75) is 13.5 Å². The molecule has 1 aromatic heterocycles. The monoisotopic (exact) mass is 278 g/mol. The van der Waals surface area contributed by atoms with E-state index in [4.69, 9.17) is 5.11 Å². The van der Waals surface area contributed by atoms with Crippen LogP contribution in [0.3, 0.4) is 0 Å². The van der Waals surface area contributed by atoms with Gasteiger partial charge in [-0.1, -0.05) is 5.21 Å². The van der Waals surface area contributed by atoms with Crippen LogP contribution < -0.4 is 5.32 Å². The summed E-state index contributed by atoms with van der Waals surface area (Å²) in [5, 5.41) is 18.2. The van der Waals surface area contributed by atoms with Crippen molar-refractivity contribution in [1.29, 1.82) is 0 Å². The molecule has 104 valence electrons. The van der Waals surface area contributed by atoms with Gasteiger partial charge in [0.05, 0.1) is 6.20 Å². The van der Waals surface area contributed by atoms with Gasteiger partial charge in [-0.15, -0.1) is 5.10 Å². The lowest BCUT2D eigenvalue weighted by molar-refractivity contribution is -0.116. The number of anilines is 1. The molecule has 2 N–H and O–H groups in total. The normalized spacial score (nSPS) is 10.3. The Morgan fingerprint density at radius 3 is 2.80 bits per heavy atom. The van der Waals surface area contributed by atoms with Gasteiger partial charge in [0.1, 0.15) is 12.4 Å². The van der Waals surface area contributed by atoms with Crippen LogP contribution in [0, 0.1) is 12.7 Å². The van der Waals surface area contributed by atoms with E-state index in [1.165, 1.54) is 18.2 Å². The maximum absolute atomic E-state index is 12.9. The molecule has 7 nitrogen and oxygen atoms in total. The molecule has 0 aliphatic heterocycles. The Hall–Kier alpha value is -2.77. The topological polar surface area (TPSA) is 97.1 Å². The third-order valence-corrected chi connectivity index (χ3v) is 2.53. The highest BCUT2D eigenvalue weighted by molar-refractivity contribution is 5.91. The standard InChI is InChI=1S/C12H11FN4O3/c1-7-4-8(13)2-3-9(7)14-11(18)6-17-5-10(12(19)20)15-16-17/h2-5H,6H2,1H3,(H,14,18)(H,19,20). The summed E-state index contributed by atoms with van der Waals surface area (Å²) in [6.07, 6.45) is 1.15. The van der Waals surface area contributed by atoms with Crippen molar-refractivity contribution >= 4 is 17.6 Å². The molecule has 1 heterocycles. The lowest BCUT2D eigenvalue weighted by Gasteiger charge is -2.08. The van der Waals surface area contributed by atoms with Gasteiger partial charge in [0.2, 0.25) is 5.91 Å². The molecular formula is C12H11FN4O3. The Kier molecular flexibility index (Phi) is 3.74. The number of nitrogens with zero attached hydrogens (tertiary/aromatic N) is 3. The third kappa shape index (κ3) is 3.16. The van der Waals surface area contributed by atoms with E-state index in [0.29, 0.717) is 11.3 Å². The number of carbonyl (C=O) groups excluding carboxylic acids is 1. The summed E-state index contributed by atoms with van der Waals surface area (Å²) in [6, 6.07) is 3.99. The summed E-state index contributed by atoms with van der Waals surface area (Å²) in [4.78, 5) is 22.4. The zero-order valence-corrected chi connectivity index (χ0v) is 10.5. The Morgan fingerprint density at radius 1 is 1.45 bits per heavy atom. The zero-order valence-electron chi connectivity index (χ0n) is 10.5. The van der Waals surface area contributed by atoms with Gasteiger partial charge < -0.3 is 10.4 Å². The fraction of sp³-hybridized carbons (Fsp3) is 0.167. The number of carbonyl (C=O) groups is 2. The van der Waals surface area contributed by atoms with Crippen molar-refractivity contribution in [2.24, 2.45) is 0 Å². The van der Waals surface area contributed by atoms with Crippen LogP contribution in [-0.2, 0) is 11.3 Å². The maximum Gasteiger partial charge on any atom is 0.358 e. The molecule has 1 aromatic carbocycles. The van der Waals surface area contributed by atoms with Gasteiger partial charge in [0.15, 0.2) is 5.69 Å². The number of carboxylic acids is 1. The van der Waals surface area contributed by atoms with E-state index in [2.05, 4.69) is 15.6 Å². The molecule has 1 amide bonds. The quantitative estimate of drug-likeness (QED) is 0.871. The fourth-order valence-corrected chi connectivity index (χ4v) is 1.58. The zero-order chi connectivity index (χ0) is 14.7. The van der Waals surface area contributed by atoms with E-state index in [1.807, 2.05) is 0 Å². The molecule has 0 spiro atoms. The van der Waals surface area contributed by atoms with Crippen LogP contribution in [0.1, 0.15) is 16.1 Å². The number of hydrogen-bond donors (Lipinski definition) is 2. The number of hydrogen-bond acceptors (Lipinski definition) is 4. The molecular weight excluding hydrogens is 267 g/mol. The second-order valence-electron chi connectivity index (χ2n) is 4.11. The number of carboxylic acid groups (broad SMARTS) is 1. The highest BCUT2D eigenvalue weighted by Gasteiger charge is 2.11. The van der Waals surface area contributed by atoms with E-state index in [9.17, 15) is 14.0 Å². The molecule has 0 aliphatic carbocycles. The summed E-state index contributed by atoms with van der Waals surface area (Å²) in [5.41, 5.74) is 0.828. The van der Waals surface area contributed by atoms with Gasteiger partial charge in [-0.05, 0) is 30.7 Å².